The number of benzene rings is 1. The van der Waals surface area contributed by atoms with Crippen LogP contribution in [0.15, 0.2) is 18.2 Å². The molecule has 1 aliphatic rings. The summed E-state index contributed by atoms with van der Waals surface area (Å²) in [6.45, 7) is 3.19. The van der Waals surface area contributed by atoms with Gasteiger partial charge in [-0.1, -0.05) is 6.07 Å². The van der Waals surface area contributed by atoms with Crippen LogP contribution < -0.4 is 9.47 Å². The fourth-order valence-corrected chi connectivity index (χ4v) is 2.22. The first-order valence-corrected chi connectivity index (χ1v) is 7.01. The Kier molecular flexibility index (Phi) is 5.41. The summed E-state index contributed by atoms with van der Waals surface area (Å²) >= 11 is 0. The second kappa shape index (κ2) is 7.28. The van der Waals surface area contributed by atoms with Crippen LogP contribution in [0.25, 0.3) is 0 Å². The van der Waals surface area contributed by atoms with Crippen LogP contribution >= 0.6 is 0 Å². The largest absolute Gasteiger partial charge is 0.493 e. The molecule has 116 valence electrons. The zero-order valence-electron chi connectivity index (χ0n) is 12.5. The molecule has 1 heterocycles. The molecule has 1 aromatic carbocycles. The molecule has 1 aliphatic heterocycles. The van der Waals surface area contributed by atoms with E-state index in [0.717, 1.165) is 31.7 Å². The zero-order valence-corrected chi connectivity index (χ0v) is 12.5. The van der Waals surface area contributed by atoms with Gasteiger partial charge in [-0.05, 0) is 24.7 Å². The molecule has 6 heteroatoms. The van der Waals surface area contributed by atoms with Gasteiger partial charge in [0.25, 0.3) is 5.91 Å². The summed E-state index contributed by atoms with van der Waals surface area (Å²) in [6, 6.07) is 5.16. The Morgan fingerprint density at radius 1 is 1.24 bits per heavy atom. The highest BCUT2D eigenvalue weighted by Gasteiger charge is 2.19. The van der Waals surface area contributed by atoms with Gasteiger partial charge in [0.2, 0.25) is 0 Å². The highest BCUT2D eigenvalue weighted by Crippen LogP contribution is 2.28. The molecular formula is C15H22N2O4. The number of carbonyl (C=O) groups is 1. The van der Waals surface area contributed by atoms with Crippen molar-refractivity contribution in [2.24, 2.45) is 0 Å². The maximum Gasteiger partial charge on any atom is 0.260 e. The first-order chi connectivity index (χ1) is 10.1. The van der Waals surface area contributed by atoms with Gasteiger partial charge in [-0.15, -0.1) is 0 Å². The summed E-state index contributed by atoms with van der Waals surface area (Å²) in [4.78, 5) is 16.1. The molecule has 0 radical (unpaired) electrons. The number of hydrogen-bond donors (Lipinski definition) is 1. The van der Waals surface area contributed by atoms with Gasteiger partial charge in [-0.2, -0.15) is 0 Å². The van der Waals surface area contributed by atoms with E-state index in [0.29, 0.717) is 11.5 Å². The van der Waals surface area contributed by atoms with Crippen LogP contribution in [0.4, 0.5) is 0 Å². The maximum absolute atomic E-state index is 12.1. The summed E-state index contributed by atoms with van der Waals surface area (Å²) in [6.07, 6.45) is 0. The third kappa shape index (κ3) is 4.09. The molecule has 0 unspecified atom stereocenters. The normalized spacial score (nSPS) is 15.9. The molecule has 1 aromatic rings. The van der Waals surface area contributed by atoms with E-state index in [2.05, 4.69) is 4.90 Å². The van der Waals surface area contributed by atoms with E-state index in [1.54, 1.807) is 18.2 Å². The summed E-state index contributed by atoms with van der Waals surface area (Å²) in [7, 11) is 3.58. The highest BCUT2D eigenvalue weighted by molar-refractivity contribution is 5.78. The molecule has 0 spiro atoms. The van der Waals surface area contributed by atoms with E-state index in [1.165, 1.54) is 7.11 Å². The molecule has 1 N–H and O–H groups in total. The lowest BCUT2D eigenvalue weighted by atomic mass is 10.2. The molecule has 1 saturated heterocycles. The van der Waals surface area contributed by atoms with Gasteiger partial charge in [0, 0.05) is 26.2 Å². The number of nitrogens with zero attached hydrogens (tertiary/aromatic N) is 2. The Labute approximate surface area is 124 Å². The predicted molar refractivity (Wildman–Crippen MR) is 78.5 cm³/mol. The Hall–Kier alpha value is -1.79. The van der Waals surface area contributed by atoms with Gasteiger partial charge in [0.15, 0.2) is 18.1 Å². The fourth-order valence-electron chi connectivity index (χ4n) is 2.22. The third-order valence-electron chi connectivity index (χ3n) is 3.62. The lowest BCUT2D eigenvalue weighted by Gasteiger charge is -2.32. The maximum atomic E-state index is 12.1. The number of rotatable bonds is 5. The zero-order chi connectivity index (χ0) is 15.2. The Morgan fingerprint density at radius 3 is 2.57 bits per heavy atom. The second-order valence-corrected chi connectivity index (χ2v) is 5.12. The molecule has 21 heavy (non-hydrogen) atoms. The minimum Gasteiger partial charge on any atom is -0.493 e. The van der Waals surface area contributed by atoms with Crippen molar-refractivity contribution in [2.75, 3.05) is 46.9 Å². The van der Waals surface area contributed by atoms with Crippen molar-refractivity contribution in [3.05, 3.63) is 23.8 Å². The van der Waals surface area contributed by atoms with Crippen molar-refractivity contribution in [3.8, 4) is 11.5 Å². The van der Waals surface area contributed by atoms with E-state index < -0.39 is 0 Å². The SMILES string of the molecule is COc1cc(CO)ccc1OCC(=O)N1CCN(C)CC1. The smallest absolute Gasteiger partial charge is 0.260 e. The number of aliphatic hydroxyl groups is 1. The lowest BCUT2D eigenvalue weighted by Crippen LogP contribution is -2.48. The van der Waals surface area contributed by atoms with Crippen molar-refractivity contribution in [3.63, 3.8) is 0 Å². The predicted octanol–water partition coefficient (Wildman–Crippen LogP) is 0.340. The van der Waals surface area contributed by atoms with Gasteiger partial charge < -0.3 is 24.4 Å². The van der Waals surface area contributed by atoms with Gasteiger partial charge >= 0.3 is 0 Å². The summed E-state index contributed by atoms with van der Waals surface area (Å²) in [5.74, 6) is 1.02. The lowest BCUT2D eigenvalue weighted by molar-refractivity contribution is -0.134. The molecule has 0 aromatic heterocycles. The Morgan fingerprint density at radius 2 is 1.95 bits per heavy atom. The number of hydrogen-bond acceptors (Lipinski definition) is 5. The van der Waals surface area contributed by atoms with Crippen molar-refractivity contribution in [1.82, 2.24) is 9.80 Å². The van der Waals surface area contributed by atoms with Gasteiger partial charge in [0.05, 0.1) is 13.7 Å². The van der Waals surface area contributed by atoms with Crippen LogP contribution in [-0.4, -0.2) is 67.8 Å². The van der Waals surface area contributed by atoms with Gasteiger partial charge in [-0.25, -0.2) is 0 Å². The number of amides is 1. The summed E-state index contributed by atoms with van der Waals surface area (Å²) in [5.41, 5.74) is 0.740. The minimum absolute atomic E-state index is 0.00144. The Balaban J connectivity index is 1.91. The van der Waals surface area contributed by atoms with Crippen molar-refractivity contribution in [2.45, 2.75) is 6.61 Å². The van der Waals surface area contributed by atoms with Gasteiger partial charge in [0.1, 0.15) is 0 Å². The number of aliphatic hydroxyl groups excluding tert-OH is 1. The second-order valence-electron chi connectivity index (χ2n) is 5.12. The van der Waals surface area contributed by atoms with Crippen LogP contribution in [0.5, 0.6) is 11.5 Å². The van der Waals surface area contributed by atoms with Crippen LogP contribution in [0.3, 0.4) is 0 Å². The molecule has 0 atom stereocenters. The Bertz CT molecular complexity index is 485. The van der Waals surface area contributed by atoms with Crippen LogP contribution in [0, 0.1) is 0 Å². The van der Waals surface area contributed by atoms with Crippen LogP contribution in [0.2, 0.25) is 0 Å². The fraction of sp³-hybridized carbons (Fsp3) is 0.533. The number of piperazine rings is 1. The molecule has 1 amide bonds. The molecule has 0 bridgehead atoms. The van der Waals surface area contributed by atoms with E-state index in [1.807, 2.05) is 11.9 Å². The molecular weight excluding hydrogens is 272 g/mol. The molecule has 1 fully saturated rings. The van der Waals surface area contributed by atoms with E-state index in [4.69, 9.17) is 14.6 Å². The number of carbonyl (C=O) groups excluding carboxylic acids is 1. The summed E-state index contributed by atoms with van der Waals surface area (Å²) in [5, 5.41) is 9.10. The quantitative estimate of drug-likeness (QED) is 0.848. The summed E-state index contributed by atoms with van der Waals surface area (Å²) < 4.78 is 10.8. The number of ether oxygens (including phenoxy) is 2. The third-order valence-corrected chi connectivity index (χ3v) is 3.62. The number of likely N-dealkylation sites (N-methyl/N-ethyl adjacent to an activating group) is 1. The molecule has 2 rings (SSSR count). The highest BCUT2D eigenvalue weighted by atomic mass is 16.5. The van der Waals surface area contributed by atoms with E-state index >= 15 is 0 Å². The number of methoxy groups -OCH3 is 1. The average Bonchev–Trinajstić information content (AvgIpc) is 2.53. The van der Waals surface area contributed by atoms with Crippen LogP contribution in [0.1, 0.15) is 5.56 Å². The molecule has 6 nitrogen and oxygen atoms in total. The van der Waals surface area contributed by atoms with Crippen molar-refractivity contribution < 1.29 is 19.4 Å². The monoisotopic (exact) mass is 294 g/mol. The van der Waals surface area contributed by atoms with Crippen molar-refractivity contribution >= 4 is 5.91 Å². The van der Waals surface area contributed by atoms with Gasteiger partial charge in [-0.3, -0.25) is 4.79 Å². The van der Waals surface area contributed by atoms with E-state index in [9.17, 15) is 4.79 Å². The first-order valence-electron chi connectivity index (χ1n) is 7.01. The topological polar surface area (TPSA) is 62.2 Å². The average molecular weight is 294 g/mol. The molecule has 0 aliphatic carbocycles. The van der Waals surface area contributed by atoms with Crippen molar-refractivity contribution in [1.29, 1.82) is 0 Å². The van der Waals surface area contributed by atoms with Crippen LogP contribution in [-0.2, 0) is 11.4 Å². The molecule has 0 saturated carbocycles. The standard InChI is InChI=1S/C15H22N2O4/c1-16-5-7-17(8-6-16)15(19)11-21-13-4-3-12(10-18)9-14(13)20-2/h3-4,9,18H,5-8,10-11H2,1-2H3. The minimum atomic E-state index is -0.0587. The van der Waals surface area contributed by atoms with E-state index in [-0.39, 0.29) is 19.1 Å². The first kappa shape index (κ1) is 15.6.